The molecule has 0 saturated heterocycles. The van der Waals surface area contributed by atoms with Gasteiger partial charge in [0, 0.05) is 29.3 Å². The summed E-state index contributed by atoms with van der Waals surface area (Å²) in [6.07, 6.45) is 0.452. The number of halogens is 1. The summed E-state index contributed by atoms with van der Waals surface area (Å²) < 4.78 is 5.54. The molecular formula is C23H24ClN3O4. The summed E-state index contributed by atoms with van der Waals surface area (Å²) in [5, 5.41) is 27.6. The molecule has 1 aromatic heterocycles. The minimum absolute atomic E-state index is 0.0207. The molecule has 4 rings (SSSR count). The van der Waals surface area contributed by atoms with Gasteiger partial charge in [0.2, 0.25) is 0 Å². The average molecular weight is 442 g/mol. The molecule has 1 aliphatic heterocycles. The second kappa shape index (κ2) is 8.61. The third-order valence-corrected chi connectivity index (χ3v) is 5.87. The van der Waals surface area contributed by atoms with E-state index >= 15 is 0 Å². The van der Waals surface area contributed by atoms with Gasteiger partial charge in [0.1, 0.15) is 22.9 Å². The first-order valence-corrected chi connectivity index (χ1v) is 10.6. The van der Waals surface area contributed by atoms with E-state index < -0.39 is 6.04 Å². The van der Waals surface area contributed by atoms with Crippen LogP contribution in [0.1, 0.15) is 46.6 Å². The molecule has 0 fully saturated rings. The van der Waals surface area contributed by atoms with Crippen molar-refractivity contribution in [3.05, 3.63) is 63.8 Å². The van der Waals surface area contributed by atoms with Crippen molar-refractivity contribution in [2.75, 3.05) is 19.8 Å². The maximum Gasteiger partial charge on any atom is 0.273 e. The smallest absolute Gasteiger partial charge is 0.273 e. The van der Waals surface area contributed by atoms with Crippen molar-refractivity contribution in [1.82, 2.24) is 15.1 Å². The fraction of sp³-hybridized carbons (Fsp3) is 0.304. The number of rotatable bonds is 7. The number of fused-ring (bicyclic) bond motifs is 1. The summed E-state index contributed by atoms with van der Waals surface area (Å²) >= 11 is 6.31. The number of nitrogens with zero attached hydrogens (tertiary/aromatic N) is 2. The second-order valence-electron chi connectivity index (χ2n) is 7.46. The number of aromatic nitrogens is 2. The average Bonchev–Trinajstić information content (AvgIpc) is 3.29. The van der Waals surface area contributed by atoms with Crippen LogP contribution in [0.2, 0.25) is 5.02 Å². The Labute approximate surface area is 185 Å². The number of aryl methyl sites for hydroxylation is 1. The van der Waals surface area contributed by atoms with E-state index in [9.17, 15) is 15.0 Å². The first-order valence-electron chi connectivity index (χ1n) is 10.2. The maximum atomic E-state index is 13.2. The SMILES string of the molecule is CCOc1ccc(C2c3c(-c4cc(Cl)c(C)cc4O)n[nH]c3C(=O)N2CCCO)cc1. The van der Waals surface area contributed by atoms with Gasteiger partial charge >= 0.3 is 0 Å². The Balaban J connectivity index is 1.85. The Morgan fingerprint density at radius 1 is 1.26 bits per heavy atom. The highest BCUT2D eigenvalue weighted by Gasteiger charge is 2.42. The summed E-state index contributed by atoms with van der Waals surface area (Å²) in [5.74, 6) is 0.592. The van der Waals surface area contributed by atoms with Gasteiger partial charge in [0.15, 0.2) is 0 Å². The number of hydrogen-bond acceptors (Lipinski definition) is 5. The predicted octanol–water partition coefficient (Wildman–Crippen LogP) is 4.07. The monoisotopic (exact) mass is 441 g/mol. The molecule has 8 heteroatoms. The minimum atomic E-state index is -0.419. The molecule has 31 heavy (non-hydrogen) atoms. The number of phenolic OH excluding ortho intramolecular Hbond substituents is 1. The number of aromatic hydroxyl groups is 1. The summed E-state index contributed by atoms with van der Waals surface area (Å²) in [6.45, 7) is 4.66. The second-order valence-corrected chi connectivity index (χ2v) is 7.87. The van der Waals surface area contributed by atoms with Crippen LogP contribution in [0.5, 0.6) is 11.5 Å². The van der Waals surface area contributed by atoms with E-state index in [1.165, 1.54) is 0 Å². The van der Waals surface area contributed by atoms with Crippen LogP contribution in [0.4, 0.5) is 0 Å². The Kier molecular flexibility index (Phi) is 5.89. The van der Waals surface area contributed by atoms with Gasteiger partial charge < -0.3 is 19.8 Å². The Morgan fingerprint density at radius 3 is 2.68 bits per heavy atom. The molecule has 3 N–H and O–H groups in total. The first-order chi connectivity index (χ1) is 15.0. The van der Waals surface area contributed by atoms with Crippen LogP contribution < -0.4 is 4.74 Å². The number of amides is 1. The van der Waals surface area contributed by atoms with Crippen molar-refractivity contribution in [2.45, 2.75) is 26.3 Å². The van der Waals surface area contributed by atoms with Crippen LogP contribution in [0, 0.1) is 6.92 Å². The van der Waals surface area contributed by atoms with Crippen molar-refractivity contribution in [2.24, 2.45) is 0 Å². The highest BCUT2D eigenvalue weighted by atomic mass is 35.5. The highest BCUT2D eigenvalue weighted by Crippen LogP contribution is 2.45. The molecule has 2 aromatic carbocycles. The molecule has 3 aromatic rings. The third kappa shape index (κ3) is 3.75. The predicted molar refractivity (Wildman–Crippen MR) is 118 cm³/mol. The number of aromatic amines is 1. The number of H-pyrrole nitrogens is 1. The van der Waals surface area contributed by atoms with Crippen molar-refractivity contribution in [3.63, 3.8) is 0 Å². The number of phenols is 1. The molecule has 1 unspecified atom stereocenters. The zero-order valence-corrected chi connectivity index (χ0v) is 18.1. The number of nitrogens with one attached hydrogen (secondary N) is 1. The molecular weight excluding hydrogens is 418 g/mol. The van der Waals surface area contributed by atoms with Gasteiger partial charge in [-0.3, -0.25) is 9.89 Å². The zero-order chi connectivity index (χ0) is 22.1. The van der Waals surface area contributed by atoms with E-state index in [1.807, 2.05) is 38.1 Å². The maximum absolute atomic E-state index is 13.2. The number of carbonyl (C=O) groups excluding carboxylic acids is 1. The number of hydrogen-bond donors (Lipinski definition) is 3. The lowest BCUT2D eigenvalue weighted by Crippen LogP contribution is -2.31. The number of aliphatic hydroxyl groups excluding tert-OH is 1. The van der Waals surface area contributed by atoms with Crippen LogP contribution in [0.15, 0.2) is 36.4 Å². The molecule has 1 amide bonds. The quantitative estimate of drug-likeness (QED) is 0.513. The van der Waals surface area contributed by atoms with E-state index in [-0.39, 0.29) is 18.3 Å². The van der Waals surface area contributed by atoms with Crippen LogP contribution in [-0.2, 0) is 0 Å². The van der Waals surface area contributed by atoms with Crippen LogP contribution in [0.25, 0.3) is 11.3 Å². The number of aliphatic hydroxyl groups is 1. The fourth-order valence-electron chi connectivity index (χ4n) is 3.99. The number of ether oxygens (including phenoxy) is 1. The highest BCUT2D eigenvalue weighted by molar-refractivity contribution is 6.31. The molecule has 1 aliphatic rings. The normalized spacial score (nSPS) is 15.4. The van der Waals surface area contributed by atoms with Crippen LogP contribution >= 0.6 is 11.6 Å². The van der Waals surface area contributed by atoms with Crippen molar-refractivity contribution >= 4 is 17.5 Å². The van der Waals surface area contributed by atoms with Gasteiger partial charge in [-0.15, -0.1) is 0 Å². The van der Waals surface area contributed by atoms with Gasteiger partial charge in [-0.1, -0.05) is 23.7 Å². The van der Waals surface area contributed by atoms with Crippen molar-refractivity contribution in [1.29, 1.82) is 0 Å². The summed E-state index contributed by atoms with van der Waals surface area (Å²) in [4.78, 5) is 14.9. The zero-order valence-electron chi connectivity index (χ0n) is 17.4. The fourth-order valence-corrected chi connectivity index (χ4v) is 4.15. The molecule has 0 saturated carbocycles. The molecule has 162 valence electrons. The molecule has 2 heterocycles. The van der Waals surface area contributed by atoms with Gasteiger partial charge in [-0.2, -0.15) is 5.10 Å². The van der Waals surface area contributed by atoms with Gasteiger partial charge in [0.05, 0.1) is 12.6 Å². The lowest BCUT2D eigenvalue weighted by Gasteiger charge is -2.26. The van der Waals surface area contributed by atoms with Crippen molar-refractivity contribution in [3.8, 4) is 22.8 Å². The van der Waals surface area contributed by atoms with Gasteiger partial charge in [-0.05, 0) is 55.7 Å². The van der Waals surface area contributed by atoms with Gasteiger partial charge in [0.25, 0.3) is 5.91 Å². The van der Waals surface area contributed by atoms with Crippen LogP contribution in [-0.4, -0.2) is 51.0 Å². The van der Waals surface area contributed by atoms with E-state index in [0.29, 0.717) is 47.1 Å². The van der Waals surface area contributed by atoms with E-state index in [4.69, 9.17) is 16.3 Å². The lowest BCUT2D eigenvalue weighted by atomic mass is 9.95. The summed E-state index contributed by atoms with van der Waals surface area (Å²) in [6, 6.07) is 10.4. The van der Waals surface area contributed by atoms with Crippen LogP contribution in [0.3, 0.4) is 0 Å². The number of benzene rings is 2. The molecule has 0 bridgehead atoms. The van der Waals surface area contributed by atoms with Crippen molar-refractivity contribution < 1.29 is 19.7 Å². The Morgan fingerprint density at radius 2 is 2.00 bits per heavy atom. The third-order valence-electron chi connectivity index (χ3n) is 5.46. The summed E-state index contributed by atoms with van der Waals surface area (Å²) in [7, 11) is 0. The first kappa shape index (κ1) is 21.2. The molecule has 1 atom stereocenters. The lowest BCUT2D eigenvalue weighted by molar-refractivity contribution is 0.0732. The topological polar surface area (TPSA) is 98.7 Å². The summed E-state index contributed by atoms with van der Waals surface area (Å²) in [5.41, 5.74) is 3.63. The Bertz CT molecular complexity index is 1110. The van der Waals surface area contributed by atoms with E-state index in [0.717, 1.165) is 16.9 Å². The molecule has 0 aliphatic carbocycles. The van der Waals surface area contributed by atoms with E-state index in [1.54, 1.807) is 17.0 Å². The van der Waals surface area contributed by atoms with E-state index in [2.05, 4.69) is 10.2 Å². The number of carbonyl (C=O) groups is 1. The Hall–Kier alpha value is -3.03. The molecule has 7 nitrogen and oxygen atoms in total. The molecule has 0 radical (unpaired) electrons. The van der Waals surface area contributed by atoms with Gasteiger partial charge in [-0.25, -0.2) is 0 Å². The standard InChI is InChI=1S/C23H24ClN3O4/c1-3-31-15-7-5-14(6-8-15)22-19-20(16-12-17(24)13(2)11-18(16)29)25-26-21(19)23(30)27(22)9-4-10-28/h5-8,11-12,22,28-29H,3-4,9-10H2,1-2H3,(H,25,26). The largest absolute Gasteiger partial charge is 0.507 e. The minimum Gasteiger partial charge on any atom is -0.507 e. The molecule has 0 spiro atoms.